The summed E-state index contributed by atoms with van der Waals surface area (Å²) in [7, 11) is 1.85. The van der Waals surface area contributed by atoms with Gasteiger partial charge in [-0.1, -0.05) is 0 Å². The van der Waals surface area contributed by atoms with Crippen LogP contribution in [0.3, 0.4) is 0 Å². The number of rotatable bonds is 3. The Morgan fingerprint density at radius 1 is 1.17 bits per heavy atom. The summed E-state index contributed by atoms with van der Waals surface area (Å²) in [5.41, 5.74) is 6.43. The van der Waals surface area contributed by atoms with E-state index < -0.39 is 0 Å². The van der Waals surface area contributed by atoms with Crippen molar-refractivity contribution in [2.75, 3.05) is 20.2 Å². The number of likely N-dealkylation sites (tertiary alicyclic amines) is 1. The van der Waals surface area contributed by atoms with Gasteiger partial charge in [0.2, 0.25) is 0 Å². The quantitative estimate of drug-likeness (QED) is 0.833. The van der Waals surface area contributed by atoms with Gasteiger partial charge in [-0.05, 0) is 56.8 Å². The summed E-state index contributed by atoms with van der Waals surface area (Å²) in [6.07, 6.45) is 7.10. The van der Waals surface area contributed by atoms with E-state index in [1.54, 1.807) is 0 Å². The Bertz CT molecular complexity index is 294. The fraction of sp³-hybridized carbons (Fsp3) is 1.00. The lowest BCUT2D eigenvalue weighted by molar-refractivity contribution is 0.00583. The minimum Gasteiger partial charge on any atom is -0.381 e. The third kappa shape index (κ3) is 2.21. The number of hydrogen-bond acceptors (Lipinski definition) is 3. The van der Waals surface area contributed by atoms with Crippen LogP contribution in [0.4, 0.5) is 0 Å². The lowest BCUT2D eigenvalue weighted by Gasteiger charge is -2.41. The zero-order valence-electron chi connectivity index (χ0n) is 11.8. The molecule has 0 radical (unpaired) electrons. The first-order valence-corrected chi connectivity index (χ1v) is 7.71. The van der Waals surface area contributed by atoms with Crippen LogP contribution >= 0.6 is 0 Å². The maximum Gasteiger partial charge on any atom is 0.0598 e. The van der Waals surface area contributed by atoms with Crippen molar-refractivity contribution in [3.63, 3.8) is 0 Å². The van der Waals surface area contributed by atoms with Crippen LogP contribution < -0.4 is 5.73 Å². The first kappa shape index (κ1) is 12.9. The Morgan fingerprint density at radius 3 is 2.56 bits per heavy atom. The second kappa shape index (κ2) is 5.10. The van der Waals surface area contributed by atoms with E-state index in [1.807, 2.05) is 7.11 Å². The van der Waals surface area contributed by atoms with Gasteiger partial charge in [0.05, 0.1) is 6.10 Å². The molecule has 3 rings (SSSR count). The second-order valence-electron chi connectivity index (χ2n) is 6.80. The monoisotopic (exact) mass is 252 g/mol. The largest absolute Gasteiger partial charge is 0.381 e. The number of ether oxygens (including phenoxy) is 1. The van der Waals surface area contributed by atoms with Gasteiger partial charge in [0.15, 0.2) is 0 Å². The van der Waals surface area contributed by atoms with Crippen LogP contribution in [0.5, 0.6) is 0 Å². The van der Waals surface area contributed by atoms with Gasteiger partial charge >= 0.3 is 0 Å². The molecule has 2 saturated carbocycles. The molecule has 2 aliphatic carbocycles. The van der Waals surface area contributed by atoms with Gasteiger partial charge < -0.3 is 15.4 Å². The van der Waals surface area contributed by atoms with E-state index in [-0.39, 0.29) is 0 Å². The van der Waals surface area contributed by atoms with Crippen LogP contribution in [0, 0.1) is 17.8 Å². The van der Waals surface area contributed by atoms with E-state index >= 15 is 0 Å². The van der Waals surface area contributed by atoms with Gasteiger partial charge in [0, 0.05) is 32.3 Å². The van der Waals surface area contributed by atoms with E-state index in [1.165, 1.54) is 45.2 Å². The molecule has 1 aliphatic heterocycles. The maximum atomic E-state index is 6.43. The summed E-state index contributed by atoms with van der Waals surface area (Å²) >= 11 is 0. The highest BCUT2D eigenvalue weighted by Crippen LogP contribution is 2.48. The Hall–Kier alpha value is -0.120. The van der Waals surface area contributed by atoms with Crippen molar-refractivity contribution in [1.29, 1.82) is 0 Å². The zero-order valence-corrected chi connectivity index (χ0v) is 11.8. The Kier molecular flexibility index (Phi) is 3.65. The molecule has 0 aromatic heterocycles. The summed E-state index contributed by atoms with van der Waals surface area (Å²) in [5, 5.41) is 0. The van der Waals surface area contributed by atoms with Crippen LogP contribution in [0.2, 0.25) is 0 Å². The van der Waals surface area contributed by atoms with Crippen LogP contribution in [-0.4, -0.2) is 43.3 Å². The van der Waals surface area contributed by atoms with Crippen molar-refractivity contribution >= 4 is 0 Å². The second-order valence-corrected chi connectivity index (χ2v) is 6.80. The molecule has 0 aromatic rings. The molecule has 3 nitrogen and oxygen atoms in total. The predicted octanol–water partition coefficient (Wildman–Crippen LogP) is 1.86. The molecule has 6 atom stereocenters. The van der Waals surface area contributed by atoms with E-state index in [9.17, 15) is 0 Å². The number of fused-ring (bicyclic) bond motifs is 2. The number of piperidine rings is 1. The molecule has 18 heavy (non-hydrogen) atoms. The highest BCUT2D eigenvalue weighted by molar-refractivity contribution is 5.00. The number of hydrogen-bond donors (Lipinski definition) is 1. The highest BCUT2D eigenvalue weighted by Gasteiger charge is 2.46. The molecule has 104 valence electrons. The summed E-state index contributed by atoms with van der Waals surface area (Å²) in [6.45, 7) is 4.78. The molecule has 3 aliphatic rings. The smallest absolute Gasteiger partial charge is 0.0598 e. The zero-order chi connectivity index (χ0) is 12.7. The minimum absolute atomic E-state index is 0.477. The molecule has 1 saturated heterocycles. The molecule has 0 spiro atoms. The Balaban J connectivity index is 1.57. The number of methoxy groups -OCH3 is 1. The van der Waals surface area contributed by atoms with Gasteiger partial charge in [-0.2, -0.15) is 0 Å². The molecule has 2 N–H and O–H groups in total. The van der Waals surface area contributed by atoms with Gasteiger partial charge in [0.1, 0.15) is 0 Å². The molecule has 3 fully saturated rings. The molecule has 3 heteroatoms. The fourth-order valence-electron chi connectivity index (χ4n) is 4.66. The van der Waals surface area contributed by atoms with Crippen LogP contribution in [0.15, 0.2) is 0 Å². The van der Waals surface area contributed by atoms with Gasteiger partial charge in [-0.15, -0.1) is 0 Å². The fourth-order valence-corrected chi connectivity index (χ4v) is 4.66. The SMILES string of the molecule is COC1CCN(CC2C3CCC(C3)C2N)C(C)C1. The van der Waals surface area contributed by atoms with E-state index in [4.69, 9.17) is 10.5 Å². The lowest BCUT2D eigenvalue weighted by Crippen LogP contribution is -2.49. The van der Waals surface area contributed by atoms with E-state index in [0.29, 0.717) is 18.2 Å². The summed E-state index contributed by atoms with van der Waals surface area (Å²) in [4.78, 5) is 2.67. The molecule has 6 unspecified atom stereocenters. The van der Waals surface area contributed by atoms with Crippen LogP contribution in [0.25, 0.3) is 0 Å². The molecule has 2 bridgehead atoms. The van der Waals surface area contributed by atoms with Crippen molar-refractivity contribution in [1.82, 2.24) is 4.90 Å². The normalized spacial score (nSPS) is 48.8. The Labute approximate surface area is 111 Å². The standard InChI is InChI=1S/C15H28N2O/c1-10-7-13(18-2)5-6-17(10)9-14-11-3-4-12(8-11)15(14)16/h10-15H,3-9,16H2,1-2H3. The van der Waals surface area contributed by atoms with Crippen LogP contribution in [0.1, 0.15) is 39.0 Å². The molecule has 0 amide bonds. The number of nitrogens with zero attached hydrogens (tertiary/aromatic N) is 1. The summed E-state index contributed by atoms with van der Waals surface area (Å²) < 4.78 is 5.50. The average molecular weight is 252 g/mol. The average Bonchev–Trinajstić information content (AvgIpc) is 2.95. The van der Waals surface area contributed by atoms with Gasteiger partial charge in [0.25, 0.3) is 0 Å². The van der Waals surface area contributed by atoms with Crippen LogP contribution in [-0.2, 0) is 4.74 Å². The first-order chi connectivity index (χ1) is 8.69. The van der Waals surface area contributed by atoms with Crippen molar-refractivity contribution in [3.8, 4) is 0 Å². The van der Waals surface area contributed by atoms with Crippen molar-refractivity contribution in [2.24, 2.45) is 23.5 Å². The maximum absolute atomic E-state index is 6.43. The van der Waals surface area contributed by atoms with Crippen molar-refractivity contribution in [2.45, 2.75) is 57.2 Å². The van der Waals surface area contributed by atoms with E-state index in [2.05, 4.69) is 11.8 Å². The molecule has 0 aromatic carbocycles. The summed E-state index contributed by atoms with van der Waals surface area (Å²) in [6, 6.07) is 1.14. The summed E-state index contributed by atoms with van der Waals surface area (Å²) in [5.74, 6) is 2.54. The minimum atomic E-state index is 0.477. The highest BCUT2D eigenvalue weighted by atomic mass is 16.5. The molecular weight excluding hydrogens is 224 g/mol. The Morgan fingerprint density at radius 2 is 1.94 bits per heavy atom. The first-order valence-electron chi connectivity index (χ1n) is 7.71. The lowest BCUT2D eigenvalue weighted by atomic mass is 9.84. The third-order valence-electron chi connectivity index (χ3n) is 5.90. The van der Waals surface area contributed by atoms with Crippen molar-refractivity contribution in [3.05, 3.63) is 0 Å². The topological polar surface area (TPSA) is 38.5 Å². The molecule has 1 heterocycles. The third-order valence-corrected chi connectivity index (χ3v) is 5.90. The van der Waals surface area contributed by atoms with Gasteiger partial charge in [-0.3, -0.25) is 0 Å². The van der Waals surface area contributed by atoms with E-state index in [0.717, 1.165) is 17.8 Å². The van der Waals surface area contributed by atoms with Gasteiger partial charge in [-0.25, -0.2) is 0 Å². The van der Waals surface area contributed by atoms with Crippen molar-refractivity contribution < 1.29 is 4.74 Å². The number of nitrogens with two attached hydrogens (primary N) is 1. The predicted molar refractivity (Wildman–Crippen MR) is 73.4 cm³/mol. The molecular formula is C15H28N2O.